The van der Waals surface area contributed by atoms with E-state index in [4.69, 9.17) is 0 Å². The molecule has 5 heteroatoms. The molecular formula is C18H23FN2O2. The average molecular weight is 318 g/mol. The molecule has 1 saturated carbocycles. The van der Waals surface area contributed by atoms with Gasteiger partial charge in [0.15, 0.2) is 0 Å². The molecular weight excluding hydrogens is 295 g/mol. The molecule has 1 heterocycles. The first-order chi connectivity index (χ1) is 11.1. The number of carbonyl (C=O) groups excluding carboxylic acids is 2. The molecule has 1 aliphatic heterocycles. The fraction of sp³-hybridized carbons (Fsp3) is 0.556. The predicted octanol–water partition coefficient (Wildman–Crippen LogP) is 2.13. The Kier molecular flexibility index (Phi) is 4.94. The van der Waals surface area contributed by atoms with Crippen LogP contribution in [0.15, 0.2) is 24.3 Å². The molecule has 1 aromatic rings. The monoisotopic (exact) mass is 318 g/mol. The van der Waals surface area contributed by atoms with Crippen LogP contribution in [0, 0.1) is 17.7 Å². The second kappa shape index (κ2) is 7.11. The van der Waals surface area contributed by atoms with Crippen LogP contribution < -0.4 is 5.32 Å². The quantitative estimate of drug-likeness (QED) is 0.904. The molecule has 1 N–H and O–H groups in total. The molecule has 2 aliphatic rings. The Morgan fingerprint density at radius 2 is 1.87 bits per heavy atom. The number of nitrogens with zero attached hydrogens (tertiary/aromatic N) is 1. The SMILES string of the molecule is O=C(NCCc1cccc(F)c1)C1CCN(C(=O)C2CC2)CC1. The zero-order chi connectivity index (χ0) is 16.2. The number of likely N-dealkylation sites (tertiary alicyclic amines) is 1. The van der Waals surface area contributed by atoms with Gasteiger partial charge in [-0.15, -0.1) is 0 Å². The van der Waals surface area contributed by atoms with Crippen LogP contribution >= 0.6 is 0 Å². The molecule has 0 unspecified atom stereocenters. The minimum Gasteiger partial charge on any atom is -0.356 e. The summed E-state index contributed by atoms with van der Waals surface area (Å²) in [6.45, 7) is 1.90. The molecule has 2 amide bonds. The van der Waals surface area contributed by atoms with Crippen molar-refractivity contribution in [3.05, 3.63) is 35.6 Å². The van der Waals surface area contributed by atoms with Crippen molar-refractivity contribution in [3.63, 3.8) is 0 Å². The van der Waals surface area contributed by atoms with E-state index in [1.54, 1.807) is 6.07 Å². The maximum Gasteiger partial charge on any atom is 0.225 e. The van der Waals surface area contributed by atoms with Gasteiger partial charge in [-0.3, -0.25) is 9.59 Å². The van der Waals surface area contributed by atoms with Crippen molar-refractivity contribution >= 4 is 11.8 Å². The van der Waals surface area contributed by atoms with Crippen LogP contribution in [-0.2, 0) is 16.0 Å². The second-order valence-corrected chi connectivity index (χ2v) is 6.54. The van der Waals surface area contributed by atoms with Crippen LogP contribution in [0.2, 0.25) is 0 Å². The molecule has 23 heavy (non-hydrogen) atoms. The number of nitrogens with one attached hydrogen (secondary N) is 1. The highest BCUT2D eigenvalue weighted by molar-refractivity contribution is 5.82. The molecule has 0 atom stereocenters. The Bertz CT molecular complexity index is 578. The van der Waals surface area contributed by atoms with Crippen molar-refractivity contribution in [1.29, 1.82) is 0 Å². The van der Waals surface area contributed by atoms with E-state index in [1.165, 1.54) is 12.1 Å². The Balaban J connectivity index is 1.38. The van der Waals surface area contributed by atoms with E-state index < -0.39 is 0 Å². The maximum atomic E-state index is 13.1. The molecule has 0 spiro atoms. The van der Waals surface area contributed by atoms with Gasteiger partial charge in [-0.2, -0.15) is 0 Å². The number of amides is 2. The standard InChI is InChI=1S/C18H23FN2O2/c19-16-3-1-2-13(12-16)6-9-20-17(22)14-7-10-21(11-8-14)18(23)15-4-5-15/h1-3,12,14-15H,4-11H2,(H,20,22). The average Bonchev–Trinajstić information content (AvgIpc) is 3.39. The van der Waals surface area contributed by atoms with Gasteiger partial charge >= 0.3 is 0 Å². The van der Waals surface area contributed by atoms with Gasteiger partial charge in [0, 0.05) is 31.5 Å². The molecule has 0 radical (unpaired) electrons. The van der Waals surface area contributed by atoms with Gasteiger partial charge in [-0.25, -0.2) is 4.39 Å². The second-order valence-electron chi connectivity index (χ2n) is 6.54. The van der Waals surface area contributed by atoms with E-state index >= 15 is 0 Å². The third-order valence-electron chi connectivity index (χ3n) is 4.71. The maximum absolute atomic E-state index is 13.1. The van der Waals surface area contributed by atoms with Gasteiger partial charge in [-0.1, -0.05) is 12.1 Å². The minimum atomic E-state index is -0.249. The summed E-state index contributed by atoms with van der Waals surface area (Å²) in [6.07, 6.45) is 4.16. The highest BCUT2D eigenvalue weighted by Crippen LogP contribution is 2.32. The van der Waals surface area contributed by atoms with Crippen molar-refractivity contribution in [2.45, 2.75) is 32.1 Å². The van der Waals surface area contributed by atoms with Crippen molar-refractivity contribution in [1.82, 2.24) is 10.2 Å². The third-order valence-corrected chi connectivity index (χ3v) is 4.71. The smallest absolute Gasteiger partial charge is 0.225 e. The zero-order valence-electron chi connectivity index (χ0n) is 13.3. The number of rotatable bonds is 5. The number of piperidine rings is 1. The van der Waals surface area contributed by atoms with E-state index in [2.05, 4.69) is 5.32 Å². The fourth-order valence-electron chi connectivity index (χ4n) is 3.12. The molecule has 124 valence electrons. The first-order valence-corrected chi connectivity index (χ1v) is 8.44. The van der Waals surface area contributed by atoms with E-state index in [-0.39, 0.29) is 29.5 Å². The van der Waals surface area contributed by atoms with Gasteiger partial charge in [0.1, 0.15) is 5.82 Å². The van der Waals surface area contributed by atoms with Crippen molar-refractivity contribution in [2.75, 3.05) is 19.6 Å². The zero-order valence-corrected chi connectivity index (χ0v) is 13.3. The number of hydrogen-bond acceptors (Lipinski definition) is 2. The van der Waals surface area contributed by atoms with Crippen LogP contribution in [0.1, 0.15) is 31.2 Å². The minimum absolute atomic E-state index is 0.00855. The summed E-state index contributed by atoms with van der Waals surface area (Å²) in [5.41, 5.74) is 0.884. The first kappa shape index (κ1) is 16.0. The summed E-state index contributed by atoms with van der Waals surface area (Å²) < 4.78 is 13.1. The van der Waals surface area contributed by atoms with Gasteiger partial charge in [0.05, 0.1) is 0 Å². The molecule has 1 aliphatic carbocycles. The van der Waals surface area contributed by atoms with Crippen LogP contribution in [-0.4, -0.2) is 36.3 Å². The highest BCUT2D eigenvalue weighted by atomic mass is 19.1. The fourth-order valence-corrected chi connectivity index (χ4v) is 3.12. The number of carbonyl (C=O) groups is 2. The lowest BCUT2D eigenvalue weighted by Gasteiger charge is -2.31. The van der Waals surface area contributed by atoms with E-state index in [0.717, 1.165) is 31.2 Å². The highest BCUT2D eigenvalue weighted by Gasteiger charge is 2.35. The molecule has 1 saturated heterocycles. The van der Waals surface area contributed by atoms with Crippen LogP contribution in [0.3, 0.4) is 0 Å². The van der Waals surface area contributed by atoms with Gasteiger partial charge in [-0.05, 0) is 49.8 Å². The molecule has 0 aromatic heterocycles. The Labute approximate surface area is 136 Å². The predicted molar refractivity (Wildman–Crippen MR) is 85.1 cm³/mol. The Hall–Kier alpha value is -1.91. The molecule has 3 rings (SSSR count). The van der Waals surface area contributed by atoms with Gasteiger partial charge in [0.2, 0.25) is 11.8 Å². The number of halogens is 1. The first-order valence-electron chi connectivity index (χ1n) is 8.44. The molecule has 4 nitrogen and oxygen atoms in total. The Morgan fingerprint density at radius 1 is 1.13 bits per heavy atom. The molecule has 0 bridgehead atoms. The summed E-state index contributed by atoms with van der Waals surface area (Å²) in [5, 5.41) is 2.93. The van der Waals surface area contributed by atoms with Crippen LogP contribution in [0.5, 0.6) is 0 Å². The van der Waals surface area contributed by atoms with E-state index in [0.29, 0.717) is 26.1 Å². The number of benzene rings is 1. The van der Waals surface area contributed by atoms with Crippen molar-refractivity contribution in [2.24, 2.45) is 11.8 Å². The summed E-state index contributed by atoms with van der Waals surface area (Å²) in [4.78, 5) is 26.1. The Morgan fingerprint density at radius 3 is 2.52 bits per heavy atom. The molecule has 2 fully saturated rings. The van der Waals surface area contributed by atoms with Crippen LogP contribution in [0.25, 0.3) is 0 Å². The van der Waals surface area contributed by atoms with Crippen molar-refractivity contribution < 1.29 is 14.0 Å². The van der Waals surface area contributed by atoms with Gasteiger partial charge < -0.3 is 10.2 Å². The normalized spacial score (nSPS) is 18.7. The van der Waals surface area contributed by atoms with Crippen LogP contribution in [0.4, 0.5) is 4.39 Å². The van der Waals surface area contributed by atoms with E-state index in [9.17, 15) is 14.0 Å². The molecule has 1 aromatic carbocycles. The van der Waals surface area contributed by atoms with Crippen molar-refractivity contribution in [3.8, 4) is 0 Å². The largest absolute Gasteiger partial charge is 0.356 e. The summed E-state index contributed by atoms with van der Waals surface area (Å²) in [5.74, 6) is 0.328. The van der Waals surface area contributed by atoms with E-state index in [1.807, 2.05) is 11.0 Å². The lowest BCUT2D eigenvalue weighted by Crippen LogP contribution is -2.43. The van der Waals surface area contributed by atoms with Gasteiger partial charge in [0.25, 0.3) is 0 Å². The summed E-state index contributed by atoms with van der Waals surface area (Å²) >= 11 is 0. The third kappa shape index (κ3) is 4.30. The number of hydrogen-bond donors (Lipinski definition) is 1. The summed E-state index contributed by atoms with van der Waals surface area (Å²) in [6, 6.07) is 6.45. The topological polar surface area (TPSA) is 49.4 Å². The summed E-state index contributed by atoms with van der Waals surface area (Å²) in [7, 11) is 0. The lowest BCUT2D eigenvalue weighted by atomic mass is 9.95. The lowest BCUT2D eigenvalue weighted by molar-refractivity contribution is -0.136.